The van der Waals surface area contributed by atoms with Gasteiger partial charge in [-0.3, -0.25) is 0 Å². The minimum Gasteiger partial charge on any atom is -0.454 e. The van der Waals surface area contributed by atoms with Gasteiger partial charge in [-0.05, 0) is 102 Å². The molecule has 4 aliphatic carbocycles. The first-order chi connectivity index (χ1) is 23.2. The Hall–Kier alpha value is -3.92. The van der Waals surface area contributed by atoms with E-state index >= 15 is 0 Å². The number of rotatable bonds is 11. The summed E-state index contributed by atoms with van der Waals surface area (Å²) in [6, 6.07) is 29.1. The maximum atomic E-state index is 14.1. The molecule has 3 fully saturated rings. The highest BCUT2D eigenvalue weighted by Gasteiger charge is 2.73. The average Bonchev–Trinajstić information content (AvgIpc) is 3.46. The molecule has 6 atom stereocenters. The number of aryl methyl sites for hydroxylation is 2. The van der Waals surface area contributed by atoms with Crippen molar-refractivity contribution in [2.24, 2.45) is 16.7 Å². The van der Waals surface area contributed by atoms with Gasteiger partial charge in [0.25, 0.3) is 0 Å². The Morgan fingerprint density at radius 3 is 1.69 bits per heavy atom. The Morgan fingerprint density at radius 1 is 0.688 bits per heavy atom. The largest absolute Gasteiger partial charge is 0.454 e. The topological polar surface area (TPSA) is 52.6 Å². The van der Waals surface area contributed by atoms with Gasteiger partial charge in [-0.25, -0.2) is 9.59 Å². The van der Waals surface area contributed by atoms with Crippen molar-refractivity contribution in [2.75, 3.05) is 0 Å². The molecule has 4 heteroatoms. The third kappa shape index (κ3) is 5.18. The molecule has 0 saturated heterocycles. The van der Waals surface area contributed by atoms with Crippen molar-refractivity contribution in [1.29, 1.82) is 0 Å². The van der Waals surface area contributed by atoms with Crippen molar-refractivity contribution < 1.29 is 19.1 Å². The number of hydrogen-bond donors (Lipinski definition) is 0. The summed E-state index contributed by atoms with van der Waals surface area (Å²) >= 11 is 0. The number of carbonyl (C=O) groups is 2. The minimum atomic E-state index is -0.598. The zero-order valence-electron chi connectivity index (χ0n) is 29.3. The summed E-state index contributed by atoms with van der Waals surface area (Å²) in [5.41, 5.74) is 5.38. The average molecular weight is 643 g/mol. The zero-order valence-corrected chi connectivity index (χ0v) is 29.3. The Bertz CT molecular complexity index is 1800. The summed E-state index contributed by atoms with van der Waals surface area (Å²) in [6.45, 7) is 11.2. The molecule has 0 aromatic heterocycles. The molecule has 4 aliphatic rings. The van der Waals surface area contributed by atoms with E-state index in [1.54, 1.807) is 0 Å². The van der Waals surface area contributed by atoms with Crippen LogP contribution in [0.4, 0.5) is 0 Å². The molecule has 0 spiro atoms. The van der Waals surface area contributed by atoms with E-state index in [0.717, 1.165) is 51.4 Å². The second-order valence-electron chi connectivity index (χ2n) is 15.3. The van der Waals surface area contributed by atoms with Crippen LogP contribution in [0.15, 0.2) is 84.9 Å². The maximum Gasteiger partial charge on any atom is 0.338 e. The van der Waals surface area contributed by atoms with Gasteiger partial charge < -0.3 is 9.47 Å². The van der Waals surface area contributed by atoms with Crippen LogP contribution in [0.1, 0.15) is 128 Å². The summed E-state index contributed by atoms with van der Waals surface area (Å²) in [6.07, 6.45) is 7.09. The molecule has 3 saturated carbocycles. The van der Waals surface area contributed by atoms with Crippen LogP contribution in [0.5, 0.6) is 0 Å². The number of ether oxygens (including phenoxy) is 2. The molecule has 2 bridgehead atoms. The van der Waals surface area contributed by atoms with E-state index in [1.807, 2.05) is 48.5 Å². The van der Waals surface area contributed by atoms with Crippen LogP contribution in [-0.2, 0) is 22.3 Å². The van der Waals surface area contributed by atoms with E-state index in [0.29, 0.717) is 11.1 Å². The molecule has 4 aromatic carbocycles. The van der Waals surface area contributed by atoms with Crippen LogP contribution < -0.4 is 0 Å². The van der Waals surface area contributed by atoms with E-state index < -0.39 is 23.0 Å². The number of unbranched alkanes of at least 4 members (excludes halogenated alkanes) is 2. The highest BCUT2D eigenvalue weighted by Crippen LogP contribution is 2.75. The van der Waals surface area contributed by atoms with Gasteiger partial charge in [0.1, 0.15) is 12.2 Å². The summed E-state index contributed by atoms with van der Waals surface area (Å²) in [5.74, 6) is -0.213. The lowest BCUT2D eigenvalue weighted by atomic mass is 9.40. The molecule has 0 radical (unpaired) electrons. The van der Waals surface area contributed by atoms with Gasteiger partial charge >= 0.3 is 11.9 Å². The van der Waals surface area contributed by atoms with Gasteiger partial charge in [0, 0.05) is 22.7 Å². The predicted molar refractivity (Wildman–Crippen MR) is 193 cm³/mol. The number of esters is 2. The summed E-state index contributed by atoms with van der Waals surface area (Å²) < 4.78 is 13.5. The van der Waals surface area contributed by atoms with Gasteiger partial charge in [-0.15, -0.1) is 0 Å². The summed E-state index contributed by atoms with van der Waals surface area (Å²) in [5, 5.41) is 2.57. The van der Waals surface area contributed by atoms with Crippen LogP contribution in [-0.4, -0.2) is 24.1 Å². The molecule has 4 nitrogen and oxygen atoms in total. The number of benzene rings is 4. The molecule has 48 heavy (non-hydrogen) atoms. The lowest BCUT2D eigenvalue weighted by Crippen LogP contribution is -2.69. The van der Waals surface area contributed by atoms with E-state index in [4.69, 9.17) is 9.47 Å². The van der Waals surface area contributed by atoms with Crippen molar-refractivity contribution in [2.45, 2.75) is 110 Å². The van der Waals surface area contributed by atoms with Crippen LogP contribution >= 0.6 is 0 Å². The molecule has 0 aliphatic heterocycles. The predicted octanol–water partition coefficient (Wildman–Crippen LogP) is 10.6. The summed E-state index contributed by atoms with van der Waals surface area (Å²) in [7, 11) is 0. The highest BCUT2D eigenvalue weighted by molar-refractivity contribution is 5.94. The second-order valence-corrected chi connectivity index (χ2v) is 15.3. The molecule has 0 N–H and O–H groups in total. The SMILES string of the molecule is CCCCc1ccc(C(=O)OC2C(OC(=O)c3ccc(CCCC)cc3)C3(C(C)C)CCC2(C)C2c4cccc5cccc(c45)C23)cc1. The molecule has 250 valence electrons. The molecule has 6 unspecified atom stereocenters. The standard InChI is InChI=1S/C44H50O4/c1-6-8-12-29-18-22-32(23-19-29)41(45)47-39-40(48-42(46)33-24-20-30(21-25-33)13-9-7-2)44(28(3)4)27-26-43(39,5)37-34-16-10-14-31-15-11-17-35(36(31)34)38(37)44/h10-11,14-25,28,37-40H,6-9,12-13,26-27H2,1-5H3. The van der Waals surface area contributed by atoms with E-state index in [1.165, 1.54) is 33.0 Å². The van der Waals surface area contributed by atoms with Gasteiger partial charge in [0.2, 0.25) is 0 Å². The fraction of sp³-hybridized carbons (Fsp3) is 0.455. The monoisotopic (exact) mass is 642 g/mol. The summed E-state index contributed by atoms with van der Waals surface area (Å²) in [4.78, 5) is 28.2. The van der Waals surface area contributed by atoms with Crippen molar-refractivity contribution >= 4 is 22.7 Å². The van der Waals surface area contributed by atoms with Gasteiger partial charge in [0.05, 0.1) is 11.1 Å². The fourth-order valence-corrected chi connectivity index (χ4v) is 9.76. The Labute approximate surface area is 286 Å². The minimum absolute atomic E-state index is 0.150. The third-order valence-electron chi connectivity index (χ3n) is 12.4. The molecular weight excluding hydrogens is 592 g/mol. The number of carbonyl (C=O) groups excluding carboxylic acids is 2. The highest BCUT2D eigenvalue weighted by atomic mass is 16.6. The van der Waals surface area contributed by atoms with Crippen molar-refractivity contribution in [3.63, 3.8) is 0 Å². The quantitative estimate of drug-likeness (QED) is 0.153. The van der Waals surface area contributed by atoms with Crippen LogP contribution in [0, 0.1) is 16.7 Å². The first kappa shape index (κ1) is 32.6. The van der Waals surface area contributed by atoms with Crippen LogP contribution in [0.2, 0.25) is 0 Å². The van der Waals surface area contributed by atoms with Crippen molar-refractivity contribution in [3.8, 4) is 0 Å². The van der Waals surface area contributed by atoms with E-state index in [-0.39, 0.29) is 29.7 Å². The van der Waals surface area contributed by atoms with Gasteiger partial charge in [0.15, 0.2) is 0 Å². The fourth-order valence-electron chi connectivity index (χ4n) is 9.76. The van der Waals surface area contributed by atoms with E-state index in [2.05, 4.69) is 71.0 Å². The first-order valence-electron chi connectivity index (χ1n) is 18.3. The number of hydrogen-bond acceptors (Lipinski definition) is 4. The molecule has 0 heterocycles. The molecule has 8 rings (SSSR count). The Balaban J connectivity index is 1.31. The molecule has 0 amide bonds. The number of fused-ring (bicyclic) bond motifs is 2. The second kappa shape index (κ2) is 12.8. The van der Waals surface area contributed by atoms with E-state index in [9.17, 15) is 9.59 Å². The lowest BCUT2D eigenvalue weighted by molar-refractivity contribution is -0.229. The smallest absolute Gasteiger partial charge is 0.338 e. The normalized spacial score (nSPS) is 26.9. The van der Waals surface area contributed by atoms with Gasteiger partial charge in [-0.2, -0.15) is 0 Å². The molecule has 4 aromatic rings. The van der Waals surface area contributed by atoms with Gasteiger partial charge in [-0.1, -0.05) is 108 Å². The van der Waals surface area contributed by atoms with Crippen LogP contribution in [0.25, 0.3) is 10.8 Å². The molecular formula is C44H50O4. The van der Waals surface area contributed by atoms with Crippen molar-refractivity contribution in [1.82, 2.24) is 0 Å². The lowest BCUT2D eigenvalue weighted by Gasteiger charge is -2.66. The van der Waals surface area contributed by atoms with Crippen molar-refractivity contribution in [3.05, 3.63) is 118 Å². The maximum absolute atomic E-state index is 14.1. The van der Waals surface area contributed by atoms with Crippen LogP contribution in [0.3, 0.4) is 0 Å². The Morgan fingerprint density at radius 2 is 1.19 bits per heavy atom. The Kier molecular flexibility index (Phi) is 8.73. The zero-order chi connectivity index (χ0) is 33.6. The first-order valence-corrected chi connectivity index (χ1v) is 18.3. The third-order valence-corrected chi connectivity index (χ3v) is 12.4.